The Bertz CT molecular complexity index is 1720. The fourth-order valence-corrected chi connectivity index (χ4v) is 8.66. The number of nitrogens with zero attached hydrogens (tertiary/aromatic N) is 5. The van der Waals surface area contributed by atoms with Gasteiger partial charge < -0.3 is 24.8 Å². The summed E-state index contributed by atoms with van der Waals surface area (Å²) >= 11 is 0. The van der Waals surface area contributed by atoms with E-state index in [1.54, 1.807) is 18.3 Å². The zero-order valence-corrected chi connectivity index (χ0v) is 26.3. The van der Waals surface area contributed by atoms with E-state index in [0.29, 0.717) is 49.2 Å². The van der Waals surface area contributed by atoms with Crippen LogP contribution in [-0.2, 0) is 4.74 Å². The molecular formula is C34H40F2N6O4. The number of piperidine rings is 1. The lowest BCUT2D eigenvalue weighted by Gasteiger charge is -2.41. The highest BCUT2D eigenvalue weighted by molar-refractivity contribution is 5.92. The molecule has 5 aliphatic heterocycles. The van der Waals surface area contributed by atoms with E-state index in [-0.39, 0.29) is 48.0 Å². The molecule has 3 aromatic rings. The fourth-order valence-electron chi connectivity index (χ4n) is 8.66. The number of amides is 1. The molecule has 12 heteroatoms. The third kappa shape index (κ3) is 5.09. The summed E-state index contributed by atoms with van der Waals surface area (Å²) in [7, 11) is 0. The van der Waals surface area contributed by atoms with Crippen LogP contribution in [0.1, 0.15) is 68.9 Å². The van der Waals surface area contributed by atoms with Gasteiger partial charge in [-0.1, -0.05) is 0 Å². The summed E-state index contributed by atoms with van der Waals surface area (Å²) in [4.78, 5) is 31.2. The number of phenolic OH excluding ortho intramolecular Hbond substituents is 1. The molecule has 6 aliphatic rings. The van der Waals surface area contributed by atoms with Crippen LogP contribution in [0, 0.1) is 18.7 Å². The van der Waals surface area contributed by atoms with E-state index < -0.39 is 29.2 Å². The molecule has 4 fully saturated rings. The van der Waals surface area contributed by atoms with Gasteiger partial charge in [-0.15, -0.1) is 0 Å². The van der Waals surface area contributed by atoms with Gasteiger partial charge in [-0.2, -0.15) is 9.97 Å². The number of carbonyl (C=O) groups is 1. The highest BCUT2D eigenvalue weighted by Gasteiger charge is 2.49. The van der Waals surface area contributed by atoms with Crippen LogP contribution in [0.4, 0.5) is 19.4 Å². The van der Waals surface area contributed by atoms with Gasteiger partial charge >= 0.3 is 12.1 Å². The number of aromatic nitrogens is 3. The number of rotatable bonds is 3. The highest BCUT2D eigenvalue weighted by Crippen LogP contribution is 2.54. The Labute approximate surface area is 266 Å². The van der Waals surface area contributed by atoms with Crippen molar-refractivity contribution in [1.29, 1.82) is 0 Å². The maximum absolute atomic E-state index is 16.9. The first-order valence-electron chi connectivity index (χ1n) is 16.5. The zero-order valence-electron chi connectivity index (χ0n) is 26.3. The number of alkyl carbamates (subject to hydrolysis) is 1. The molecule has 244 valence electrons. The molecule has 5 atom stereocenters. The number of pyridine rings is 1. The average molecular weight is 635 g/mol. The third-order valence-electron chi connectivity index (χ3n) is 10.9. The molecule has 1 amide bonds. The number of aryl methyl sites for hydroxylation is 1. The summed E-state index contributed by atoms with van der Waals surface area (Å²) in [5.74, 6) is 0.271. The van der Waals surface area contributed by atoms with Crippen molar-refractivity contribution in [3.05, 3.63) is 35.3 Å². The Morgan fingerprint density at radius 3 is 2.93 bits per heavy atom. The number of ether oxygens (including phenoxy) is 2. The SMILES string of the molecule is Cc1cc(O)cc2c1[C@@H]1C[C@@H]1CCOC(=O)N[C@]1(C)CCCN(C1)c1nc(OC[C@@]34CCCN3C[C@H](F)C4)nc3c(F)c-2ncc13. The number of benzene rings is 1. The van der Waals surface area contributed by atoms with Gasteiger partial charge in [0.15, 0.2) is 5.82 Å². The molecule has 7 heterocycles. The first kappa shape index (κ1) is 29.6. The van der Waals surface area contributed by atoms with Gasteiger partial charge in [0, 0.05) is 37.8 Å². The highest BCUT2D eigenvalue weighted by atomic mass is 19.1. The molecule has 1 saturated carbocycles. The maximum atomic E-state index is 16.9. The summed E-state index contributed by atoms with van der Waals surface area (Å²) < 4.78 is 43.3. The van der Waals surface area contributed by atoms with Crippen LogP contribution >= 0.6 is 0 Å². The number of anilines is 1. The predicted molar refractivity (Wildman–Crippen MR) is 167 cm³/mol. The van der Waals surface area contributed by atoms with Crippen LogP contribution in [0.2, 0.25) is 0 Å². The van der Waals surface area contributed by atoms with Crippen molar-refractivity contribution in [3.63, 3.8) is 0 Å². The van der Waals surface area contributed by atoms with Crippen LogP contribution in [0.5, 0.6) is 11.8 Å². The minimum Gasteiger partial charge on any atom is -0.508 e. The Morgan fingerprint density at radius 2 is 2.07 bits per heavy atom. The summed E-state index contributed by atoms with van der Waals surface area (Å²) in [5, 5.41) is 14.1. The maximum Gasteiger partial charge on any atom is 0.407 e. The van der Waals surface area contributed by atoms with Crippen LogP contribution in [0.15, 0.2) is 18.3 Å². The Morgan fingerprint density at radius 1 is 1.22 bits per heavy atom. The fraction of sp³-hybridized carbons (Fsp3) is 0.588. The second-order valence-electron chi connectivity index (χ2n) is 14.3. The second kappa shape index (κ2) is 10.9. The largest absolute Gasteiger partial charge is 0.508 e. The monoisotopic (exact) mass is 634 g/mol. The number of carbonyl (C=O) groups excluding carboxylic acids is 1. The van der Waals surface area contributed by atoms with E-state index in [4.69, 9.17) is 14.5 Å². The molecule has 9 rings (SSSR count). The molecule has 1 aromatic carbocycles. The van der Waals surface area contributed by atoms with Crippen molar-refractivity contribution in [3.8, 4) is 23.0 Å². The molecule has 0 spiro atoms. The van der Waals surface area contributed by atoms with E-state index >= 15 is 4.39 Å². The summed E-state index contributed by atoms with van der Waals surface area (Å²) in [6.45, 7) is 6.65. The third-order valence-corrected chi connectivity index (χ3v) is 10.9. The number of halogens is 2. The van der Waals surface area contributed by atoms with E-state index in [1.165, 1.54) is 0 Å². The van der Waals surface area contributed by atoms with Crippen LogP contribution < -0.4 is 15.0 Å². The van der Waals surface area contributed by atoms with Crippen molar-refractivity contribution in [2.24, 2.45) is 5.92 Å². The molecule has 2 N–H and O–H groups in total. The van der Waals surface area contributed by atoms with Crippen molar-refractivity contribution in [2.45, 2.75) is 82.0 Å². The molecule has 10 nitrogen and oxygen atoms in total. The lowest BCUT2D eigenvalue weighted by Crippen LogP contribution is -2.57. The number of phenols is 1. The van der Waals surface area contributed by atoms with Crippen LogP contribution in [0.3, 0.4) is 0 Å². The predicted octanol–water partition coefficient (Wildman–Crippen LogP) is 5.39. The number of fused-ring (bicyclic) bond motifs is 6. The average Bonchev–Trinajstić information content (AvgIpc) is 3.53. The van der Waals surface area contributed by atoms with Gasteiger partial charge in [-0.25, -0.2) is 13.6 Å². The van der Waals surface area contributed by atoms with E-state index in [1.807, 2.05) is 18.7 Å². The second-order valence-corrected chi connectivity index (χ2v) is 14.3. The van der Waals surface area contributed by atoms with Gasteiger partial charge in [0.1, 0.15) is 35.6 Å². The number of nitrogens with one attached hydrogen (secondary N) is 1. The minimum absolute atomic E-state index is 0.0224. The standard InChI is InChI=1S/C34H40F2N6O4/c1-19-11-22(43)13-24-26(19)23-12-20(23)5-10-45-32(44)40-33(2)6-3-8-41(17-33)30-25-15-37-28(24)27(36)29(25)38-31(39-30)46-18-34-7-4-9-42(34)16-21(35)14-34/h11,13,15,20-21,23,43H,3-10,12,14,16-18H2,1-2H3,(H,40,44)/t20-,21+,23+,33+,34-/m0/s1. The molecule has 2 aromatic heterocycles. The number of hydrogen-bond donors (Lipinski definition) is 2. The van der Waals surface area contributed by atoms with Crippen molar-refractivity contribution >= 4 is 22.8 Å². The van der Waals surface area contributed by atoms with Crippen LogP contribution in [0.25, 0.3) is 22.2 Å². The summed E-state index contributed by atoms with van der Waals surface area (Å²) in [6.07, 6.45) is 5.49. The van der Waals surface area contributed by atoms with E-state index in [9.17, 15) is 14.3 Å². The quantitative estimate of drug-likeness (QED) is 0.392. The number of aromatic hydroxyl groups is 1. The zero-order chi connectivity index (χ0) is 31.8. The van der Waals surface area contributed by atoms with E-state index in [2.05, 4.69) is 20.2 Å². The first-order valence-corrected chi connectivity index (χ1v) is 16.5. The van der Waals surface area contributed by atoms with Gasteiger partial charge in [0.25, 0.3) is 0 Å². The first-order chi connectivity index (χ1) is 22.1. The lowest BCUT2D eigenvalue weighted by molar-refractivity contribution is 0.107. The molecule has 46 heavy (non-hydrogen) atoms. The summed E-state index contributed by atoms with van der Waals surface area (Å²) in [5.41, 5.74) is 1.47. The van der Waals surface area contributed by atoms with Crippen molar-refractivity contribution < 1.29 is 28.2 Å². The normalized spacial score (nSPS) is 30.8. The lowest BCUT2D eigenvalue weighted by atomic mass is 9.91. The molecular weight excluding hydrogens is 594 g/mol. The smallest absolute Gasteiger partial charge is 0.407 e. The van der Waals surface area contributed by atoms with Crippen LogP contribution in [-0.4, -0.2) is 87.7 Å². The minimum atomic E-state index is -0.907. The molecule has 6 bridgehead atoms. The van der Waals surface area contributed by atoms with Crippen molar-refractivity contribution in [1.82, 2.24) is 25.2 Å². The molecule has 0 unspecified atom stereocenters. The Balaban J connectivity index is 1.27. The summed E-state index contributed by atoms with van der Waals surface area (Å²) in [6, 6.07) is 3.29. The molecule has 0 radical (unpaired) electrons. The Kier molecular flexibility index (Phi) is 7.00. The van der Waals surface area contributed by atoms with Gasteiger partial charge in [-0.3, -0.25) is 9.88 Å². The number of hydrogen-bond acceptors (Lipinski definition) is 9. The molecule has 3 saturated heterocycles. The van der Waals surface area contributed by atoms with Crippen molar-refractivity contribution in [2.75, 3.05) is 44.3 Å². The topological polar surface area (TPSA) is 113 Å². The van der Waals surface area contributed by atoms with Gasteiger partial charge in [0.05, 0.1) is 23.1 Å². The van der Waals surface area contributed by atoms with Gasteiger partial charge in [-0.05, 0) is 94.0 Å². The number of alkyl halides is 1. The Hall–Kier alpha value is -3.80. The van der Waals surface area contributed by atoms with Gasteiger partial charge in [0.2, 0.25) is 0 Å². The van der Waals surface area contributed by atoms with E-state index in [0.717, 1.165) is 49.8 Å². The molecule has 1 aliphatic carbocycles.